The number of carboxylic acid groups (broad SMARTS) is 1. The van der Waals surface area contributed by atoms with E-state index in [4.69, 9.17) is 4.74 Å². The molecule has 0 radical (unpaired) electrons. The van der Waals surface area contributed by atoms with E-state index in [9.17, 15) is 9.90 Å². The van der Waals surface area contributed by atoms with Crippen molar-refractivity contribution in [3.63, 3.8) is 0 Å². The summed E-state index contributed by atoms with van der Waals surface area (Å²) in [5.74, 6) is 0.145. The second kappa shape index (κ2) is 9.90. The van der Waals surface area contributed by atoms with E-state index in [1.54, 1.807) is 0 Å². The summed E-state index contributed by atoms with van der Waals surface area (Å²) >= 11 is 0. The fraction of sp³-hybridized carbons (Fsp3) is 0.632. The maximum atomic E-state index is 11.6. The van der Waals surface area contributed by atoms with Crippen LogP contribution in [0, 0.1) is 6.92 Å². The van der Waals surface area contributed by atoms with Gasteiger partial charge in [0.1, 0.15) is 5.75 Å². The molecule has 4 nitrogen and oxygen atoms in total. The molecule has 2 rings (SSSR count). The van der Waals surface area contributed by atoms with Crippen molar-refractivity contribution in [3.05, 3.63) is 29.3 Å². The van der Waals surface area contributed by atoms with Gasteiger partial charge in [0.2, 0.25) is 0 Å². The second-order valence-corrected chi connectivity index (χ2v) is 6.83. The number of halogens is 1. The zero-order valence-corrected chi connectivity index (χ0v) is 15.8. The first-order valence-corrected chi connectivity index (χ1v) is 8.69. The third-order valence-electron chi connectivity index (χ3n) is 4.49. The number of hydrogen-bond donors (Lipinski definition) is 1. The Morgan fingerprint density at radius 2 is 1.92 bits per heavy atom. The zero-order valence-electron chi connectivity index (χ0n) is 15.0. The number of benzene rings is 1. The van der Waals surface area contributed by atoms with Crippen molar-refractivity contribution in [1.29, 1.82) is 0 Å². The number of carboxylic acids is 1. The average molecular weight is 356 g/mol. The van der Waals surface area contributed by atoms with Gasteiger partial charge in [0.15, 0.2) is 6.10 Å². The molecule has 1 unspecified atom stereocenters. The van der Waals surface area contributed by atoms with Crippen molar-refractivity contribution in [2.24, 2.45) is 0 Å². The quantitative estimate of drug-likeness (QED) is 0.794. The van der Waals surface area contributed by atoms with Gasteiger partial charge in [-0.05, 0) is 56.0 Å². The molecule has 1 aromatic rings. The second-order valence-electron chi connectivity index (χ2n) is 6.83. The molecule has 0 spiro atoms. The number of hydrogen-bond acceptors (Lipinski definition) is 3. The van der Waals surface area contributed by atoms with Crippen LogP contribution in [0.1, 0.15) is 56.6 Å². The largest absolute Gasteiger partial charge is 0.479 e. The molecule has 24 heavy (non-hydrogen) atoms. The van der Waals surface area contributed by atoms with Gasteiger partial charge in [0, 0.05) is 13.0 Å². The van der Waals surface area contributed by atoms with E-state index in [1.165, 1.54) is 19.3 Å². The van der Waals surface area contributed by atoms with Crippen LogP contribution in [0.4, 0.5) is 0 Å². The Kier molecular flexibility index (Phi) is 8.57. The van der Waals surface area contributed by atoms with Gasteiger partial charge in [-0.2, -0.15) is 0 Å². The SMILES string of the molecule is Cc1ccc(C(C)C)c(OC(CCN2CCCCC2)C(=O)O)c1.Cl. The first kappa shape index (κ1) is 20.8. The molecular weight excluding hydrogens is 326 g/mol. The summed E-state index contributed by atoms with van der Waals surface area (Å²) in [6.45, 7) is 9.14. The van der Waals surface area contributed by atoms with Crippen LogP contribution in [0.25, 0.3) is 0 Å². The Morgan fingerprint density at radius 3 is 2.50 bits per heavy atom. The van der Waals surface area contributed by atoms with E-state index in [1.807, 2.05) is 25.1 Å². The normalized spacial score (nSPS) is 16.5. The van der Waals surface area contributed by atoms with Gasteiger partial charge >= 0.3 is 5.97 Å². The highest BCUT2D eigenvalue weighted by atomic mass is 35.5. The van der Waals surface area contributed by atoms with Crippen LogP contribution in [0.5, 0.6) is 5.75 Å². The summed E-state index contributed by atoms with van der Waals surface area (Å²) in [6, 6.07) is 6.04. The molecule has 5 heteroatoms. The lowest BCUT2D eigenvalue weighted by atomic mass is 10.0. The molecule has 0 saturated carbocycles. The van der Waals surface area contributed by atoms with E-state index in [-0.39, 0.29) is 12.4 Å². The molecule has 1 aromatic carbocycles. The predicted octanol–water partition coefficient (Wildman–Crippen LogP) is 4.25. The molecule has 1 saturated heterocycles. The number of aliphatic carboxylic acids is 1. The van der Waals surface area contributed by atoms with Gasteiger partial charge in [-0.3, -0.25) is 0 Å². The number of ether oxygens (including phenoxy) is 1. The van der Waals surface area contributed by atoms with Gasteiger partial charge in [0.25, 0.3) is 0 Å². The third-order valence-corrected chi connectivity index (χ3v) is 4.49. The van der Waals surface area contributed by atoms with Gasteiger partial charge in [0.05, 0.1) is 0 Å². The summed E-state index contributed by atoms with van der Waals surface area (Å²) < 4.78 is 5.91. The van der Waals surface area contributed by atoms with Crippen molar-refractivity contribution >= 4 is 18.4 Å². The highest BCUT2D eigenvalue weighted by Crippen LogP contribution is 2.29. The minimum atomic E-state index is -0.877. The first-order chi connectivity index (χ1) is 11.0. The minimum absolute atomic E-state index is 0. The fourth-order valence-corrected chi connectivity index (χ4v) is 3.09. The van der Waals surface area contributed by atoms with Crippen LogP contribution in [0.2, 0.25) is 0 Å². The Morgan fingerprint density at radius 1 is 1.25 bits per heavy atom. The number of aryl methyl sites for hydroxylation is 1. The third kappa shape index (κ3) is 5.99. The average Bonchev–Trinajstić information content (AvgIpc) is 2.51. The number of nitrogens with zero attached hydrogens (tertiary/aromatic N) is 1. The van der Waals surface area contributed by atoms with E-state index in [0.717, 1.165) is 30.8 Å². The van der Waals surface area contributed by atoms with Gasteiger partial charge < -0.3 is 14.7 Å². The fourth-order valence-electron chi connectivity index (χ4n) is 3.09. The van der Waals surface area contributed by atoms with E-state index in [0.29, 0.717) is 18.1 Å². The topological polar surface area (TPSA) is 49.8 Å². The van der Waals surface area contributed by atoms with Crippen LogP contribution in [0.15, 0.2) is 18.2 Å². The summed E-state index contributed by atoms with van der Waals surface area (Å²) in [5.41, 5.74) is 2.16. The molecule has 0 aromatic heterocycles. The van der Waals surface area contributed by atoms with Crippen LogP contribution in [-0.2, 0) is 4.79 Å². The van der Waals surface area contributed by atoms with Gasteiger partial charge in [-0.25, -0.2) is 4.79 Å². The summed E-state index contributed by atoms with van der Waals surface area (Å²) in [7, 11) is 0. The van der Waals surface area contributed by atoms with Crippen molar-refractivity contribution < 1.29 is 14.6 Å². The molecule has 1 aliphatic rings. The summed E-state index contributed by atoms with van der Waals surface area (Å²) in [4.78, 5) is 13.9. The smallest absolute Gasteiger partial charge is 0.344 e. The van der Waals surface area contributed by atoms with E-state index < -0.39 is 12.1 Å². The molecule has 1 N–H and O–H groups in total. The Hall–Kier alpha value is -1.26. The Balaban J connectivity index is 0.00000288. The zero-order chi connectivity index (χ0) is 16.8. The monoisotopic (exact) mass is 355 g/mol. The minimum Gasteiger partial charge on any atom is -0.479 e. The molecule has 1 heterocycles. The maximum Gasteiger partial charge on any atom is 0.344 e. The standard InChI is InChI=1S/C19H29NO3.ClH/c1-14(2)16-8-7-15(3)13-18(16)23-17(19(21)22)9-12-20-10-5-4-6-11-20;/h7-8,13-14,17H,4-6,9-12H2,1-3H3,(H,21,22);1H. The van der Waals surface area contributed by atoms with Gasteiger partial charge in [-0.1, -0.05) is 32.4 Å². The maximum absolute atomic E-state index is 11.6. The summed E-state index contributed by atoms with van der Waals surface area (Å²) in [5, 5.41) is 9.52. The molecule has 136 valence electrons. The number of carbonyl (C=O) groups is 1. The van der Waals surface area contributed by atoms with Crippen LogP contribution >= 0.6 is 12.4 Å². The van der Waals surface area contributed by atoms with Crippen LogP contribution in [0.3, 0.4) is 0 Å². The highest BCUT2D eigenvalue weighted by molar-refractivity contribution is 5.85. The number of likely N-dealkylation sites (tertiary alicyclic amines) is 1. The van der Waals surface area contributed by atoms with Crippen molar-refractivity contribution in [1.82, 2.24) is 4.90 Å². The molecule has 0 aliphatic carbocycles. The number of rotatable bonds is 7. The van der Waals surface area contributed by atoms with Crippen molar-refractivity contribution in [2.45, 2.75) is 58.5 Å². The lowest BCUT2D eigenvalue weighted by molar-refractivity contribution is -0.145. The van der Waals surface area contributed by atoms with E-state index >= 15 is 0 Å². The predicted molar refractivity (Wildman–Crippen MR) is 99.5 cm³/mol. The molecule has 1 atom stereocenters. The summed E-state index contributed by atoms with van der Waals surface area (Å²) in [6.07, 6.45) is 3.47. The molecule has 1 fully saturated rings. The Labute approximate surface area is 151 Å². The number of piperidine rings is 1. The van der Waals surface area contributed by atoms with Crippen molar-refractivity contribution in [3.8, 4) is 5.75 Å². The molecule has 0 bridgehead atoms. The first-order valence-electron chi connectivity index (χ1n) is 8.69. The Bertz CT molecular complexity index is 527. The lowest BCUT2D eigenvalue weighted by Gasteiger charge is -2.28. The molecule has 1 aliphatic heterocycles. The molecule has 0 amide bonds. The van der Waals surface area contributed by atoms with Crippen LogP contribution < -0.4 is 4.74 Å². The van der Waals surface area contributed by atoms with Crippen LogP contribution in [-0.4, -0.2) is 41.7 Å². The van der Waals surface area contributed by atoms with E-state index in [2.05, 4.69) is 18.7 Å². The molecular formula is C19H30ClNO3. The lowest BCUT2D eigenvalue weighted by Crippen LogP contribution is -2.36. The highest BCUT2D eigenvalue weighted by Gasteiger charge is 2.23. The van der Waals surface area contributed by atoms with Crippen molar-refractivity contribution in [2.75, 3.05) is 19.6 Å². The van der Waals surface area contributed by atoms with Gasteiger partial charge in [-0.15, -0.1) is 12.4 Å².